The zero-order valence-electron chi connectivity index (χ0n) is 13.4. The first-order chi connectivity index (χ1) is 9.66. The zero-order chi connectivity index (χ0) is 15.7. The van der Waals surface area contributed by atoms with Gasteiger partial charge in [-0.25, -0.2) is 4.98 Å². The number of hydrogen-bond donors (Lipinski definition) is 0. The van der Waals surface area contributed by atoms with Crippen molar-refractivity contribution in [2.75, 3.05) is 18.1 Å². The SMILES string of the molecule is CC1(C)CN(c2ccc(C#C[Si](C)(C)C)cn2)C(=O)CO1. The van der Waals surface area contributed by atoms with Gasteiger partial charge in [0, 0.05) is 11.8 Å². The second-order valence-electron chi connectivity index (χ2n) is 6.93. The number of amides is 1. The first kappa shape index (κ1) is 15.7. The van der Waals surface area contributed by atoms with Crippen molar-refractivity contribution in [2.45, 2.75) is 39.1 Å². The third-order valence-electron chi connectivity index (χ3n) is 3.03. The van der Waals surface area contributed by atoms with Crippen molar-refractivity contribution in [2.24, 2.45) is 0 Å². The first-order valence-electron chi connectivity index (χ1n) is 7.10. The Balaban J connectivity index is 2.18. The molecule has 0 aliphatic carbocycles. The number of anilines is 1. The van der Waals surface area contributed by atoms with Crippen molar-refractivity contribution in [3.63, 3.8) is 0 Å². The molecule has 1 amide bonds. The number of morpholine rings is 1. The number of aromatic nitrogens is 1. The molecule has 2 rings (SSSR count). The fourth-order valence-corrected chi connectivity index (χ4v) is 2.46. The molecule has 1 aliphatic rings. The smallest absolute Gasteiger partial charge is 0.254 e. The summed E-state index contributed by atoms with van der Waals surface area (Å²) in [6, 6.07) is 3.78. The van der Waals surface area contributed by atoms with E-state index in [1.165, 1.54) is 0 Å². The third kappa shape index (κ3) is 4.41. The van der Waals surface area contributed by atoms with Gasteiger partial charge in [0.1, 0.15) is 20.5 Å². The van der Waals surface area contributed by atoms with E-state index in [0.29, 0.717) is 12.4 Å². The maximum Gasteiger partial charge on any atom is 0.254 e. The lowest BCUT2D eigenvalue weighted by Crippen LogP contribution is -2.52. The van der Waals surface area contributed by atoms with Crippen LogP contribution in [0.3, 0.4) is 0 Å². The van der Waals surface area contributed by atoms with E-state index >= 15 is 0 Å². The molecule has 0 atom stereocenters. The minimum absolute atomic E-state index is 0.0530. The van der Waals surface area contributed by atoms with Gasteiger partial charge in [0.2, 0.25) is 0 Å². The van der Waals surface area contributed by atoms with Crippen LogP contribution in [0.2, 0.25) is 19.6 Å². The molecule has 1 saturated heterocycles. The summed E-state index contributed by atoms with van der Waals surface area (Å²) in [5.74, 6) is 3.77. The molecule has 0 unspecified atom stereocenters. The van der Waals surface area contributed by atoms with Crippen LogP contribution < -0.4 is 4.90 Å². The molecule has 0 saturated carbocycles. The van der Waals surface area contributed by atoms with E-state index in [-0.39, 0.29) is 18.1 Å². The molecule has 0 aromatic carbocycles. The monoisotopic (exact) mass is 302 g/mol. The second kappa shape index (κ2) is 5.62. The largest absolute Gasteiger partial charge is 0.364 e. The van der Waals surface area contributed by atoms with E-state index in [4.69, 9.17) is 4.74 Å². The molecule has 21 heavy (non-hydrogen) atoms. The maximum absolute atomic E-state index is 12.0. The molecule has 0 bridgehead atoms. The Kier molecular flexibility index (Phi) is 4.22. The molecule has 112 valence electrons. The lowest BCUT2D eigenvalue weighted by molar-refractivity contribution is -0.135. The molecule has 4 nitrogen and oxygen atoms in total. The van der Waals surface area contributed by atoms with Crippen LogP contribution in [-0.2, 0) is 9.53 Å². The van der Waals surface area contributed by atoms with Gasteiger partial charge in [-0.3, -0.25) is 9.69 Å². The average Bonchev–Trinajstić information content (AvgIpc) is 2.39. The van der Waals surface area contributed by atoms with Gasteiger partial charge >= 0.3 is 0 Å². The highest BCUT2D eigenvalue weighted by molar-refractivity contribution is 6.83. The summed E-state index contributed by atoms with van der Waals surface area (Å²) >= 11 is 0. The van der Waals surface area contributed by atoms with E-state index < -0.39 is 8.07 Å². The summed E-state index contributed by atoms with van der Waals surface area (Å²) in [6.45, 7) is 11.2. The predicted octanol–water partition coefficient (Wildman–Crippen LogP) is 2.45. The van der Waals surface area contributed by atoms with E-state index in [1.54, 1.807) is 11.1 Å². The first-order valence-corrected chi connectivity index (χ1v) is 10.6. The number of carbonyl (C=O) groups excluding carboxylic acids is 1. The zero-order valence-corrected chi connectivity index (χ0v) is 14.4. The Morgan fingerprint density at radius 1 is 1.33 bits per heavy atom. The van der Waals surface area contributed by atoms with Crippen LogP contribution in [0, 0.1) is 11.5 Å². The van der Waals surface area contributed by atoms with Crippen molar-refractivity contribution >= 4 is 19.8 Å². The van der Waals surface area contributed by atoms with Gasteiger partial charge in [-0.2, -0.15) is 0 Å². The Hall–Kier alpha value is -1.64. The molecule has 0 radical (unpaired) electrons. The lowest BCUT2D eigenvalue weighted by Gasteiger charge is -2.37. The Bertz CT molecular complexity index is 591. The number of pyridine rings is 1. The van der Waals surface area contributed by atoms with Crippen LogP contribution >= 0.6 is 0 Å². The van der Waals surface area contributed by atoms with Crippen LogP contribution in [0.4, 0.5) is 5.82 Å². The molecular weight excluding hydrogens is 280 g/mol. The van der Waals surface area contributed by atoms with Crippen molar-refractivity contribution < 1.29 is 9.53 Å². The minimum atomic E-state index is -1.39. The molecule has 0 spiro atoms. The van der Waals surface area contributed by atoms with E-state index in [9.17, 15) is 4.79 Å². The highest BCUT2D eigenvalue weighted by Gasteiger charge is 2.33. The standard InChI is InChI=1S/C16H22N2O2Si/c1-16(2)12-18(15(19)11-20-16)14-7-6-13(10-17-14)8-9-21(3,4)5/h6-7,10H,11-12H2,1-5H3. The summed E-state index contributed by atoms with van der Waals surface area (Å²) in [4.78, 5) is 18.0. The van der Waals surface area contributed by atoms with Crippen molar-refractivity contribution in [3.05, 3.63) is 23.9 Å². The van der Waals surface area contributed by atoms with Crippen molar-refractivity contribution in [1.29, 1.82) is 0 Å². The molecule has 1 aromatic heterocycles. The Labute approximate surface area is 127 Å². The fraction of sp³-hybridized carbons (Fsp3) is 0.500. The van der Waals surface area contributed by atoms with Crippen LogP contribution in [0.1, 0.15) is 19.4 Å². The molecule has 0 N–H and O–H groups in total. The molecule has 2 heterocycles. The van der Waals surface area contributed by atoms with Crippen LogP contribution in [-0.4, -0.2) is 37.7 Å². The van der Waals surface area contributed by atoms with Crippen LogP contribution in [0.25, 0.3) is 0 Å². The number of ether oxygens (including phenoxy) is 1. The van der Waals surface area contributed by atoms with Gasteiger partial charge < -0.3 is 4.74 Å². The van der Waals surface area contributed by atoms with Gasteiger partial charge in [0.25, 0.3) is 5.91 Å². The Morgan fingerprint density at radius 2 is 2.05 bits per heavy atom. The van der Waals surface area contributed by atoms with E-state index in [0.717, 1.165) is 5.56 Å². The second-order valence-corrected chi connectivity index (χ2v) is 11.7. The topological polar surface area (TPSA) is 42.4 Å². The van der Waals surface area contributed by atoms with Gasteiger partial charge in [0.05, 0.1) is 12.1 Å². The van der Waals surface area contributed by atoms with Gasteiger partial charge in [-0.1, -0.05) is 25.6 Å². The molecule has 1 fully saturated rings. The summed E-state index contributed by atoms with van der Waals surface area (Å²) in [5, 5.41) is 0. The molecule has 1 aliphatic heterocycles. The van der Waals surface area contributed by atoms with Crippen LogP contribution in [0.5, 0.6) is 0 Å². The number of carbonyl (C=O) groups is 1. The Morgan fingerprint density at radius 3 is 2.62 bits per heavy atom. The lowest BCUT2D eigenvalue weighted by atomic mass is 10.1. The van der Waals surface area contributed by atoms with Crippen molar-refractivity contribution in [1.82, 2.24) is 4.98 Å². The number of nitrogens with zero attached hydrogens (tertiary/aromatic N) is 2. The summed E-state index contributed by atoms with van der Waals surface area (Å²) < 4.78 is 5.49. The summed E-state index contributed by atoms with van der Waals surface area (Å²) in [5.41, 5.74) is 3.86. The molecule has 1 aromatic rings. The predicted molar refractivity (Wildman–Crippen MR) is 86.8 cm³/mol. The van der Waals surface area contributed by atoms with Gasteiger partial charge in [-0.05, 0) is 26.0 Å². The van der Waals surface area contributed by atoms with E-state index in [2.05, 4.69) is 36.1 Å². The summed E-state index contributed by atoms with van der Waals surface area (Å²) in [7, 11) is -1.39. The maximum atomic E-state index is 12.0. The third-order valence-corrected chi connectivity index (χ3v) is 3.91. The highest BCUT2D eigenvalue weighted by Crippen LogP contribution is 2.22. The number of hydrogen-bond acceptors (Lipinski definition) is 3. The minimum Gasteiger partial charge on any atom is -0.364 e. The summed E-state index contributed by atoms with van der Waals surface area (Å²) in [6.07, 6.45) is 1.73. The van der Waals surface area contributed by atoms with Gasteiger partial charge in [0.15, 0.2) is 0 Å². The van der Waals surface area contributed by atoms with Crippen molar-refractivity contribution in [3.8, 4) is 11.5 Å². The highest BCUT2D eigenvalue weighted by atomic mass is 28.3. The fourth-order valence-electron chi connectivity index (χ4n) is 1.94. The normalized spacial score (nSPS) is 18.1. The quantitative estimate of drug-likeness (QED) is 0.591. The molecular formula is C16H22N2O2Si. The number of rotatable bonds is 1. The molecule has 5 heteroatoms. The van der Waals surface area contributed by atoms with Gasteiger partial charge in [-0.15, -0.1) is 5.54 Å². The average molecular weight is 302 g/mol. The van der Waals surface area contributed by atoms with E-state index in [1.807, 2.05) is 26.0 Å². The van der Waals surface area contributed by atoms with Crippen LogP contribution in [0.15, 0.2) is 18.3 Å².